The molecule has 1 atom stereocenters. The standard InChI is InChI=1S/C14H13Cl3N2O/c15-9-3-1-4-10(7-9)20-8-13(19-18)11-5-2-6-12(16)14(11)17/h1-7,13,19H,8,18H2. The topological polar surface area (TPSA) is 47.3 Å². The third-order valence-corrected chi connectivity index (χ3v) is 3.84. The van der Waals surface area contributed by atoms with Gasteiger partial charge in [-0.15, -0.1) is 0 Å². The maximum Gasteiger partial charge on any atom is 0.120 e. The Bertz CT molecular complexity index is 592. The van der Waals surface area contributed by atoms with E-state index in [-0.39, 0.29) is 6.04 Å². The van der Waals surface area contributed by atoms with Crippen LogP contribution in [0, 0.1) is 0 Å². The Balaban J connectivity index is 2.11. The van der Waals surface area contributed by atoms with Gasteiger partial charge in [-0.25, -0.2) is 5.43 Å². The second-order valence-corrected chi connectivity index (χ2v) is 5.35. The van der Waals surface area contributed by atoms with Gasteiger partial charge in [0.05, 0.1) is 16.1 Å². The summed E-state index contributed by atoms with van der Waals surface area (Å²) in [7, 11) is 0. The Hall–Kier alpha value is -0.970. The summed E-state index contributed by atoms with van der Waals surface area (Å²) in [5.74, 6) is 6.22. The highest BCUT2D eigenvalue weighted by atomic mass is 35.5. The average molecular weight is 332 g/mol. The molecule has 1 unspecified atom stereocenters. The number of nitrogens with one attached hydrogen (secondary N) is 1. The van der Waals surface area contributed by atoms with Crippen molar-refractivity contribution in [1.82, 2.24) is 5.43 Å². The highest BCUT2D eigenvalue weighted by Gasteiger charge is 2.15. The molecule has 0 fully saturated rings. The fourth-order valence-electron chi connectivity index (χ4n) is 1.75. The van der Waals surface area contributed by atoms with Crippen LogP contribution in [-0.2, 0) is 0 Å². The van der Waals surface area contributed by atoms with Crippen molar-refractivity contribution in [3.05, 3.63) is 63.1 Å². The highest BCUT2D eigenvalue weighted by molar-refractivity contribution is 6.42. The normalized spacial score (nSPS) is 12.2. The molecule has 0 amide bonds. The third kappa shape index (κ3) is 3.78. The number of hydrazine groups is 1. The first-order chi connectivity index (χ1) is 9.61. The maximum atomic E-state index is 6.17. The van der Waals surface area contributed by atoms with Crippen LogP contribution in [0.1, 0.15) is 11.6 Å². The van der Waals surface area contributed by atoms with Crippen LogP contribution in [0.25, 0.3) is 0 Å². The number of hydrogen-bond acceptors (Lipinski definition) is 3. The molecule has 0 aromatic heterocycles. The number of ether oxygens (including phenoxy) is 1. The lowest BCUT2D eigenvalue weighted by molar-refractivity contribution is 0.267. The van der Waals surface area contributed by atoms with Gasteiger partial charge in [-0.1, -0.05) is 53.0 Å². The third-order valence-electron chi connectivity index (χ3n) is 2.77. The molecule has 3 nitrogen and oxygen atoms in total. The van der Waals surface area contributed by atoms with E-state index in [2.05, 4.69) is 5.43 Å². The molecule has 0 saturated carbocycles. The molecule has 0 aliphatic heterocycles. The van der Waals surface area contributed by atoms with E-state index < -0.39 is 0 Å². The van der Waals surface area contributed by atoms with Gasteiger partial charge in [-0.3, -0.25) is 5.84 Å². The van der Waals surface area contributed by atoms with E-state index in [1.54, 1.807) is 18.2 Å². The van der Waals surface area contributed by atoms with Gasteiger partial charge in [0, 0.05) is 5.02 Å². The lowest BCUT2D eigenvalue weighted by Crippen LogP contribution is -2.32. The van der Waals surface area contributed by atoms with E-state index in [1.807, 2.05) is 24.3 Å². The molecule has 0 spiro atoms. The summed E-state index contributed by atoms with van der Waals surface area (Å²) in [5, 5.41) is 1.56. The van der Waals surface area contributed by atoms with Crippen LogP contribution < -0.4 is 16.0 Å². The Labute approximate surface area is 132 Å². The van der Waals surface area contributed by atoms with Crippen LogP contribution in [0.3, 0.4) is 0 Å². The van der Waals surface area contributed by atoms with Crippen molar-refractivity contribution in [2.24, 2.45) is 5.84 Å². The van der Waals surface area contributed by atoms with E-state index in [4.69, 9.17) is 45.4 Å². The Kier molecular flexibility index (Phi) is 5.52. The molecule has 106 valence electrons. The molecule has 0 aliphatic rings. The molecular formula is C14H13Cl3N2O. The van der Waals surface area contributed by atoms with Crippen LogP contribution in [0.4, 0.5) is 0 Å². The fourth-order valence-corrected chi connectivity index (χ4v) is 2.37. The maximum absolute atomic E-state index is 6.17. The zero-order chi connectivity index (χ0) is 14.5. The van der Waals surface area contributed by atoms with E-state index in [0.29, 0.717) is 27.4 Å². The van der Waals surface area contributed by atoms with Gasteiger partial charge in [0.25, 0.3) is 0 Å². The van der Waals surface area contributed by atoms with Crippen molar-refractivity contribution in [2.45, 2.75) is 6.04 Å². The van der Waals surface area contributed by atoms with Crippen molar-refractivity contribution < 1.29 is 4.74 Å². The van der Waals surface area contributed by atoms with E-state index in [0.717, 1.165) is 5.56 Å². The predicted octanol–water partition coefficient (Wildman–Crippen LogP) is 4.23. The first kappa shape index (κ1) is 15.4. The minimum absolute atomic E-state index is 0.278. The summed E-state index contributed by atoms with van der Waals surface area (Å²) < 4.78 is 5.66. The van der Waals surface area contributed by atoms with Crippen LogP contribution in [0.15, 0.2) is 42.5 Å². The van der Waals surface area contributed by atoms with Crippen LogP contribution in [0.2, 0.25) is 15.1 Å². The molecule has 20 heavy (non-hydrogen) atoms. The minimum atomic E-state index is -0.278. The number of nitrogens with two attached hydrogens (primary N) is 1. The summed E-state index contributed by atoms with van der Waals surface area (Å²) in [5.41, 5.74) is 3.45. The van der Waals surface area contributed by atoms with Gasteiger partial charge >= 0.3 is 0 Å². The molecule has 3 N–H and O–H groups in total. The quantitative estimate of drug-likeness (QED) is 0.636. The zero-order valence-electron chi connectivity index (χ0n) is 10.4. The molecule has 2 rings (SSSR count). The van der Waals surface area contributed by atoms with Crippen molar-refractivity contribution in [2.75, 3.05) is 6.61 Å². The summed E-state index contributed by atoms with van der Waals surface area (Å²) >= 11 is 18.1. The second-order valence-electron chi connectivity index (χ2n) is 4.13. The van der Waals surface area contributed by atoms with E-state index >= 15 is 0 Å². The first-order valence-corrected chi connectivity index (χ1v) is 7.03. The molecule has 0 radical (unpaired) electrons. The lowest BCUT2D eigenvalue weighted by Gasteiger charge is -2.19. The van der Waals surface area contributed by atoms with Gasteiger partial charge in [-0.05, 0) is 29.8 Å². The van der Waals surface area contributed by atoms with E-state index in [1.165, 1.54) is 0 Å². The Morgan fingerprint density at radius 3 is 2.55 bits per heavy atom. The molecule has 0 heterocycles. The smallest absolute Gasteiger partial charge is 0.120 e. The molecule has 0 saturated heterocycles. The molecule has 6 heteroatoms. The van der Waals surface area contributed by atoms with Gasteiger partial charge < -0.3 is 4.74 Å². The van der Waals surface area contributed by atoms with Gasteiger partial charge in [0.1, 0.15) is 12.4 Å². The number of benzene rings is 2. The van der Waals surface area contributed by atoms with Gasteiger partial charge in [-0.2, -0.15) is 0 Å². The summed E-state index contributed by atoms with van der Waals surface area (Å²) in [6, 6.07) is 12.2. The summed E-state index contributed by atoms with van der Waals surface area (Å²) in [6.45, 7) is 0.302. The molecule has 2 aromatic rings. The van der Waals surface area contributed by atoms with Crippen molar-refractivity contribution >= 4 is 34.8 Å². The monoisotopic (exact) mass is 330 g/mol. The summed E-state index contributed by atoms with van der Waals surface area (Å²) in [6.07, 6.45) is 0. The Morgan fingerprint density at radius 2 is 1.85 bits per heavy atom. The van der Waals surface area contributed by atoms with Crippen molar-refractivity contribution in [3.63, 3.8) is 0 Å². The number of hydrogen-bond donors (Lipinski definition) is 2. The average Bonchev–Trinajstić information content (AvgIpc) is 2.44. The molecule has 0 aliphatic carbocycles. The molecule has 0 bridgehead atoms. The predicted molar refractivity (Wildman–Crippen MR) is 83.5 cm³/mol. The van der Waals surface area contributed by atoms with Crippen LogP contribution >= 0.6 is 34.8 Å². The van der Waals surface area contributed by atoms with E-state index in [9.17, 15) is 0 Å². The number of halogens is 3. The first-order valence-electron chi connectivity index (χ1n) is 5.90. The van der Waals surface area contributed by atoms with Gasteiger partial charge in [0.2, 0.25) is 0 Å². The van der Waals surface area contributed by atoms with Crippen molar-refractivity contribution in [3.8, 4) is 5.75 Å². The molecular weight excluding hydrogens is 319 g/mol. The largest absolute Gasteiger partial charge is 0.492 e. The SMILES string of the molecule is NNC(COc1cccc(Cl)c1)c1cccc(Cl)c1Cl. The Morgan fingerprint density at radius 1 is 1.10 bits per heavy atom. The van der Waals surface area contributed by atoms with Crippen molar-refractivity contribution in [1.29, 1.82) is 0 Å². The fraction of sp³-hybridized carbons (Fsp3) is 0.143. The van der Waals surface area contributed by atoms with Crippen LogP contribution in [0.5, 0.6) is 5.75 Å². The van der Waals surface area contributed by atoms with Crippen LogP contribution in [-0.4, -0.2) is 6.61 Å². The lowest BCUT2D eigenvalue weighted by atomic mass is 10.1. The highest BCUT2D eigenvalue weighted by Crippen LogP contribution is 2.30. The zero-order valence-corrected chi connectivity index (χ0v) is 12.7. The molecule has 2 aromatic carbocycles. The number of rotatable bonds is 5. The minimum Gasteiger partial charge on any atom is -0.492 e. The second kappa shape index (κ2) is 7.16. The van der Waals surface area contributed by atoms with Gasteiger partial charge in [0.15, 0.2) is 0 Å². The summed E-state index contributed by atoms with van der Waals surface area (Å²) in [4.78, 5) is 0.